The largest absolute Gasteiger partial charge is 0.507 e. The van der Waals surface area contributed by atoms with E-state index in [1.54, 1.807) is 19.2 Å². The van der Waals surface area contributed by atoms with E-state index < -0.39 is 0 Å². The molecule has 3 aromatic rings. The van der Waals surface area contributed by atoms with E-state index in [4.69, 9.17) is 0 Å². The van der Waals surface area contributed by atoms with Crippen LogP contribution >= 0.6 is 0 Å². The molecule has 32 heavy (non-hydrogen) atoms. The van der Waals surface area contributed by atoms with Crippen LogP contribution in [0.4, 0.5) is 5.82 Å². The lowest BCUT2D eigenvalue weighted by Gasteiger charge is -2.30. The molecule has 168 valence electrons. The second kappa shape index (κ2) is 9.10. The number of phenolic OH excluding ortho intramolecular Hbond substituents is 1. The van der Waals surface area contributed by atoms with Gasteiger partial charge in [-0.25, -0.2) is 4.98 Å². The van der Waals surface area contributed by atoms with Gasteiger partial charge in [0, 0.05) is 37.3 Å². The molecule has 0 radical (unpaired) electrons. The number of aromatic nitrogens is 4. The zero-order valence-electron chi connectivity index (χ0n) is 19.2. The molecular weight excluding hydrogens is 402 g/mol. The summed E-state index contributed by atoms with van der Waals surface area (Å²) in [6.45, 7) is 4.67. The highest BCUT2D eigenvalue weighted by atomic mass is 16.3. The van der Waals surface area contributed by atoms with Crippen LogP contribution in [0.3, 0.4) is 0 Å². The predicted octanol–water partition coefficient (Wildman–Crippen LogP) is 4.26. The molecule has 1 unspecified atom stereocenters. The fourth-order valence-corrected chi connectivity index (χ4v) is 4.52. The SMILES string of the molecule is C[C@@H]1CC[C@H](C)CC(N(C)c2ccc(-c3ccc(-c4cc(=O)n(C)cn4)cc3O)nn2)C1. The standard InChI is InChI=1S/C25H31N5O2/c1-16-5-6-17(2)12-19(11-16)30(4)24-10-9-21(27-28-24)20-8-7-18(13-23(20)31)22-14-25(32)29(3)15-26-22/h7-10,13-17,19,31H,5-6,11-12H2,1-4H3/t16-,17+,19?. The van der Waals surface area contributed by atoms with Crippen molar-refractivity contribution in [3.8, 4) is 28.3 Å². The number of rotatable bonds is 4. The van der Waals surface area contributed by atoms with Crippen molar-refractivity contribution in [2.24, 2.45) is 18.9 Å². The average Bonchev–Trinajstić information content (AvgIpc) is 2.95. The maximum Gasteiger partial charge on any atom is 0.253 e. The maximum atomic E-state index is 11.9. The fraction of sp³-hybridized carbons (Fsp3) is 0.440. The molecule has 1 aliphatic carbocycles. The number of phenols is 1. The number of nitrogens with zero attached hydrogens (tertiary/aromatic N) is 5. The zero-order chi connectivity index (χ0) is 22.8. The van der Waals surface area contributed by atoms with Gasteiger partial charge < -0.3 is 14.6 Å². The van der Waals surface area contributed by atoms with Crippen molar-refractivity contribution < 1.29 is 5.11 Å². The van der Waals surface area contributed by atoms with Crippen molar-refractivity contribution in [1.82, 2.24) is 19.7 Å². The van der Waals surface area contributed by atoms with Crippen molar-refractivity contribution in [2.75, 3.05) is 11.9 Å². The van der Waals surface area contributed by atoms with Crippen molar-refractivity contribution in [1.29, 1.82) is 0 Å². The van der Waals surface area contributed by atoms with Crippen molar-refractivity contribution in [3.05, 3.63) is 53.1 Å². The molecule has 7 nitrogen and oxygen atoms in total. The Morgan fingerprint density at radius 2 is 1.72 bits per heavy atom. The first-order valence-electron chi connectivity index (χ1n) is 11.2. The third kappa shape index (κ3) is 4.66. The minimum Gasteiger partial charge on any atom is -0.507 e. The number of aromatic hydroxyl groups is 1. The smallest absolute Gasteiger partial charge is 0.253 e. The van der Waals surface area contributed by atoms with E-state index in [1.165, 1.54) is 42.6 Å². The molecule has 0 spiro atoms. The summed E-state index contributed by atoms with van der Waals surface area (Å²) < 4.78 is 1.41. The lowest BCUT2D eigenvalue weighted by molar-refractivity contribution is 0.446. The Balaban J connectivity index is 1.54. The second-order valence-corrected chi connectivity index (χ2v) is 9.26. The lowest BCUT2D eigenvalue weighted by Crippen LogP contribution is -2.34. The van der Waals surface area contributed by atoms with Crippen LogP contribution < -0.4 is 10.5 Å². The number of anilines is 1. The quantitative estimate of drug-likeness (QED) is 0.619. The molecule has 2 aromatic heterocycles. The molecule has 0 aliphatic heterocycles. The van der Waals surface area contributed by atoms with Crippen molar-refractivity contribution >= 4 is 5.82 Å². The summed E-state index contributed by atoms with van der Waals surface area (Å²) in [4.78, 5) is 18.4. The van der Waals surface area contributed by atoms with Crippen LogP contribution in [-0.4, -0.2) is 37.9 Å². The third-order valence-corrected chi connectivity index (χ3v) is 6.61. The Bertz CT molecular complexity index is 1130. The third-order valence-electron chi connectivity index (χ3n) is 6.61. The molecule has 1 fully saturated rings. The fourth-order valence-electron chi connectivity index (χ4n) is 4.52. The highest BCUT2D eigenvalue weighted by Gasteiger charge is 2.25. The summed E-state index contributed by atoms with van der Waals surface area (Å²) in [6, 6.07) is 11.0. The van der Waals surface area contributed by atoms with E-state index in [1.807, 2.05) is 18.2 Å². The van der Waals surface area contributed by atoms with E-state index in [-0.39, 0.29) is 11.3 Å². The molecule has 1 saturated carbocycles. The van der Waals surface area contributed by atoms with Gasteiger partial charge in [0.05, 0.1) is 17.7 Å². The number of benzene rings is 1. The first-order valence-corrected chi connectivity index (χ1v) is 11.2. The van der Waals surface area contributed by atoms with Crippen LogP contribution in [0, 0.1) is 11.8 Å². The number of hydrogen-bond donors (Lipinski definition) is 1. The van der Waals surface area contributed by atoms with Gasteiger partial charge in [-0.3, -0.25) is 4.79 Å². The first-order chi connectivity index (χ1) is 15.3. The Labute approximate surface area is 188 Å². The summed E-state index contributed by atoms with van der Waals surface area (Å²) in [5.41, 5.74) is 2.23. The van der Waals surface area contributed by atoms with Crippen LogP contribution in [0.1, 0.15) is 39.5 Å². The number of aryl methyl sites for hydroxylation is 1. The van der Waals surface area contributed by atoms with Gasteiger partial charge in [-0.2, -0.15) is 0 Å². The van der Waals surface area contributed by atoms with E-state index in [0.717, 1.165) is 17.7 Å². The Morgan fingerprint density at radius 3 is 2.31 bits per heavy atom. The molecule has 3 atom stereocenters. The predicted molar refractivity (Wildman–Crippen MR) is 127 cm³/mol. The van der Waals surface area contributed by atoms with Crippen LogP contribution in [0.15, 0.2) is 47.5 Å². The average molecular weight is 434 g/mol. The second-order valence-electron chi connectivity index (χ2n) is 9.26. The molecule has 1 aromatic carbocycles. The topological polar surface area (TPSA) is 84.1 Å². The van der Waals surface area contributed by atoms with Gasteiger partial charge in [0.1, 0.15) is 5.75 Å². The van der Waals surface area contributed by atoms with Gasteiger partial charge in [-0.15, -0.1) is 10.2 Å². The summed E-state index contributed by atoms with van der Waals surface area (Å²) >= 11 is 0. The summed E-state index contributed by atoms with van der Waals surface area (Å²) in [6.07, 6.45) is 6.39. The molecule has 0 saturated heterocycles. The Hall–Kier alpha value is -3.22. The Kier molecular flexibility index (Phi) is 6.26. The first kappa shape index (κ1) is 22.0. The van der Waals surface area contributed by atoms with Crippen molar-refractivity contribution in [2.45, 2.75) is 45.6 Å². The molecule has 7 heteroatoms. The zero-order valence-corrected chi connectivity index (χ0v) is 19.2. The summed E-state index contributed by atoms with van der Waals surface area (Å²) in [5.74, 6) is 2.36. The van der Waals surface area contributed by atoms with Crippen LogP contribution in [0.25, 0.3) is 22.5 Å². The van der Waals surface area contributed by atoms with E-state index >= 15 is 0 Å². The van der Waals surface area contributed by atoms with Gasteiger partial charge in [0.15, 0.2) is 5.82 Å². The summed E-state index contributed by atoms with van der Waals surface area (Å²) in [7, 11) is 3.75. The Morgan fingerprint density at radius 1 is 1.00 bits per heavy atom. The minimum absolute atomic E-state index is 0.0757. The molecule has 4 rings (SSSR count). The molecule has 0 bridgehead atoms. The number of hydrogen-bond acceptors (Lipinski definition) is 6. The highest BCUT2D eigenvalue weighted by Crippen LogP contribution is 2.33. The maximum absolute atomic E-state index is 11.9. The lowest BCUT2D eigenvalue weighted by atomic mass is 9.98. The van der Waals surface area contributed by atoms with Gasteiger partial charge >= 0.3 is 0 Å². The van der Waals surface area contributed by atoms with E-state index in [0.29, 0.717) is 28.6 Å². The van der Waals surface area contributed by atoms with Crippen LogP contribution in [0.5, 0.6) is 5.75 Å². The highest BCUT2D eigenvalue weighted by molar-refractivity contribution is 5.73. The van der Waals surface area contributed by atoms with E-state index in [9.17, 15) is 9.90 Å². The molecule has 0 amide bonds. The van der Waals surface area contributed by atoms with Gasteiger partial charge in [0.2, 0.25) is 0 Å². The van der Waals surface area contributed by atoms with E-state index in [2.05, 4.69) is 41.0 Å². The molecular formula is C25H31N5O2. The van der Waals surface area contributed by atoms with Gasteiger partial charge in [0.25, 0.3) is 5.56 Å². The monoisotopic (exact) mass is 433 g/mol. The van der Waals surface area contributed by atoms with Gasteiger partial charge in [-0.05, 0) is 48.9 Å². The summed E-state index contributed by atoms with van der Waals surface area (Å²) in [5, 5.41) is 19.5. The molecule has 1 aliphatic rings. The van der Waals surface area contributed by atoms with Crippen molar-refractivity contribution in [3.63, 3.8) is 0 Å². The molecule has 1 N–H and O–H groups in total. The van der Waals surface area contributed by atoms with Gasteiger partial charge in [-0.1, -0.05) is 32.8 Å². The van der Waals surface area contributed by atoms with Crippen LogP contribution in [-0.2, 0) is 7.05 Å². The normalized spacial score (nSPS) is 21.2. The minimum atomic E-state index is -0.151. The molecule has 2 heterocycles. The van der Waals surface area contributed by atoms with Crippen LogP contribution in [0.2, 0.25) is 0 Å².